The summed E-state index contributed by atoms with van der Waals surface area (Å²) in [5.74, 6) is -1.45. The van der Waals surface area contributed by atoms with Gasteiger partial charge in [-0.1, -0.05) is 12.1 Å². The maximum absolute atomic E-state index is 12.5. The Hall–Kier alpha value is -2.88. The summed E-state index contributed by atoms with van der Waals surface area (Å²) in [6, 6.07) is 3.47. The lowest BCUT2D eigenvalue weighted by Gasteiger charge is -2.25. The molecule has 1 aliphatic heterocycles. The summed E-state index contributed by atoms with van der Waals surface area (Å²) < 4.78 is 37.6. The van der Waals surface area contributed by atoms with E-state index < -0.39 is 35.7 Å². The van der Waals surface area contributed by atoms with Crippen LogP contribution in [0, 0.1) is 0 Å². The first-order chi connectivity index (χ1) is 13.5. The third-order valence-electron chi connectivity index (χ3n) is 4.40. The van der Waals surface area contributed by atoms with Crippen LogP contribution in [0.5, 0.6) is 0 Å². The molecule has 1 aromatic rings. The van der Waals surface area contributed by atoms with E-state index in [0.717, 1.165) is 18.2 Å². The zero-order valence-electron chi connectivity index (χ0n) is 15.9. The lowest BCUT2D eigenvalue weighted by Crippen LogP contribution is -2.48. The number of halogens is 3. The second-order valence-electron chi connectivity index (χ2n) is 6.85. The van der Waals surface area contributed by atoms with Crippen molar-refractivity contribution in [2.45, 2.75) is 24.7 Å². The number of rotatable bonds is 5. The molecule has 10 heteroatoms. The Kier molecular flexibility index (Phi) is 7.02. The van der Waals surface area contributed by atoms with E-state index in [4.69, 9.17) is 0 Å². The van der Waals surface area contributed by atoms with Crippen LogP contribution in [-0.2, 0) is 20.6 Å². The predicted octanol–water partition coefficient (Wildman–Crippen LogP) is 0.885. The number of aliphatic hydroxyl groups is 1. The molecule has 2 N–H and O–H groups in total. The van der Waals surface area contributed by atoms with Gasteiger partial charge in [-0.3, -0.25) is 14.4 Å². The minimum Gasteiger partial charge on any atom is -0.391 e. The summed E-state index contributed by atoms with van der Waals surface area (Å²) >= 11 is 0. The minimum absolute atomic E-state index is 0.000341. The molecule has 3 amide bonds. The molecule has 1 saturated heterocycles. The Labute approximate surface area is 165 Å². The zero-order chi connectivity index (χ0) is 21.8. The first-order valence-corrected chi connectivity index (χ1v) is 8.81. The van der Waals surface area contributed by atoms with Crippen LogP contribution in [-0.4, -0.2) is 72.0 Å². The van der Waals surface area contributed by atoms with Crippen molar-refractivity contribution in [3.8, 4) is 0 Å². The molecule has 0 bridgehead atoms. The van der Waals surface area contributed by atoms with Gasteiger partial charge in [0, 0.05) is 33.1 Å². The van der Waals surface area contributed by atoms with E-state index >= 15 is 0 Å². The van der Waals surface area contributed by atoms with E-state index in [9.17, 15) is 32.7 Å². The van der Waals surface area contributed by atoms with E-state index in [1.807, 2.05) is 0 Å². The molecular formula is C19H22F3N3O4. The standard InChI is InChI=1S/C19H22F3N3O4/c1-24(2)18(29)15-9-14(26)11-25(15)17(28)10-23-16(27)8-5-12-3-6-13(7-4-12)19(20,21)22/h3-8,14-15,26H,9-11H2,1-2H3,(H,23,27)/b8-5+/t14-,15-/m1/s1. The molecule has 0 aromatic heterocycles. The summed E-state index contributed by atoms with van der Waals surface area (Å²) in [6.07, 6.45) is -2.71. The molecule has 2 rings (SSSR count). The van der Waals surface area contributed by atoms with Gasteiger partial charge in [0.2, 0.25) is 17.7 Å². The smallest absolute Gasteiger partial charge is 0.391 e. The Bertz CT molecular complexity index is 791. The molecule has 158 valence electrons. The fourth-order valence-electron chi connectivity index (χ4n) is 2.90. The van der Waals surface area contributed by atoms with Crippen molar-refractivity contribution in [1.82, 2.24) is 15.1 Å². The fourth-order valence-corrected chi connectivity index (χ4v) is 2.90. The number of carbonyl (C=O) groups is 3. The first kappa shape index (κ1) is 22.4. The number of likely N-dealkylation sites (tertiary alicyclic amines) is 1. The van der Waals surface area contributed by atoms with Gasteiger partial charge in [-0.05, 0) is 23.8 Å². The van der Waals surface area contributed by atoms with Crippen molar-refractivity contribution in [3.05, 3.63) is 41.5 Å². The average Bonchev–Trinajstić information content (AvgIpc) is 3.05. The van der Waals surface area contributed by atoms with Gasteiger partial charge in [-0.25, -0.2) is 0 Å². The number of β-amino-alcohol motifs (C(OH)–C–C–N with tert-alkyl or cyclic N) is 1. The maximum Gasteiger partial charge on any atom is 0.416 e. The number of hydrogen-bond donors (Lipinski definition) is 2. The van der Waals surface area contributed by atoms with Crippen LogP contribution in [0.1, 0.15) is 17.5 Å². The number of benzene rings is 1. The molecule has 29 heavy (non-hydrogen) atoms. The topological polar surface area (TPSA) is 90.0 Å². The summed E-state index contributed by atoms with van der Waals surface area (Å²) in [4.78, 5) is 38.9. The number of nitrogens with one attached hydrogen (secondary N) is 1. The number of likely N-dealkylation sites (N-methyl/N-ethyl adjacent to an activating group) is 1. The molecule has 0 spiro atoms. The Morgan fingerprint density at radius 2 is 1.86 bits per heavy atom. The second kappa shape index (κ2) is 9.08. The summed E-state index contributed by atoms with van der Waals surface area (Å²) in [5, 5.41) is 12.1. The van der Waals surface area contributed by atoms with Crippen molar-refractivity contribution in [2.24, 2.45) is 0 Å². The predicted molar refractivity (Wildman–Crippen MR) is 98.3 cm³/mol. The van der Waals surface area contributed by atoms with Gasteiger partial charge in [-0.2, -0.15) is 13.2 Å². The molecule has 0 saturated carbocycles. The molecule has 0 aliphatic carbocycles. The van der Waals surface area contributed by atoms with Gasteiger partial charge < -0.3 is 20.2 Å². The lowest BCUT2D eigenvalue weighted by molar-refractivity contribution is -0.142. The van der Waals surface area contributed by atoms with E-state index in [2.05, 4.69) is 5.32 Å². The van der Waals surface area contributed by atoms with Gasteiger partial charge in [0.1, 0.15) is 6.04 Å². The normalized spacial score (nSPS) is 19.4. The van der Waals surface area contributed by atoms with Gasteiger partial charge >= 0.3 is 6.18 Å². The Morgan fingerprint density at radius 1 is 1.24 bits per heavy atom. The highest BCUT2D eigenvalue weighted by molar-refractivity contribution is 5.95. The quantitative estimate of drug-likeness (QED) is 0.702. The van der Waals surface area contributed by atoms with Gasteiger partial charge in [-0.15, -0.1) is 0 Å². The molecule has 1 heterocycles. The van der Waals surface area contributed by atoms with E-state index in [1.54, 1.807) is 14.1 Å². The molecule has 1 fully saturated rings. The molecular weight excluding hydrogens is 391 g/mol. The Balaban J connectivity index is 1.90. The third-order valence-corrected chi connectivity index (χ3v) is 4.40. The number of alkyl halides is 3. The fraction of sp³-hybridized carbons (Fsp3) is 0.421. The van der Waals surface area contributed by atoms with E-state index in [-0.39, 0.29) is 25.4 Å². The molecule has 1 aliphatic rings. The van der Waals surface area contributed by atoms with Crippen molar-refractivity contribution >= 4 is 23.8 Å². The summed E-state index contributed by atoms with van der Waals surface area (Å²) in [6.45, 7) is -0.375. The highest BCUT2D eigenvalue weighted by Crippen LogP contribution is 2.29. The largest absolute Gasteiger partial charge is 0.416 e. The SMILES string of the molecule is CN(C)C(=O)[C@H]1C[C@@H](O)CN1C(=O)CNC(=O)/C=C/c1ccc(C(F)(F)F)cc1. The number of carbonyl (C=O) groups excluding carboxylic acids is 3. The number of hydrogen-bond acceptors (Lipinski definition) is 4. The number of amides is 3. The van der Waals surface area contributed by atoms with E-state index in [1.165, 1.54) is 28.0 Å². The molecule has 7 nitrogen and oxygen atoms in total. The van der Waals surface area contributed by atoms with Crippen LogP contribution in [0.4, 0.5) is 13.2 Å². The van der Waals surface area contributed by atoms with E-state index in [0.29, 0.717) is 5.56 Å². The number of aliphatic hydroxyl groups excluding tert-OH is 1. The van der Waals surface area contributed by atoms with Gasteiger partial charge in [0.25, 0.3) is 0 Å². The van der Waals surface area contributed by atoms with Gasteiger partial charge in [0.15, 0.2) is 0 Å². The van der Waals surface area contributed by atoms with Crippen LogP contribution in [0.2, 0.25) is 0 Å². The van der Waals surface area contributed by atoms with Crippen molar-refractivity contribution in [3.63, 3.8) is 0 Å². The molecule has 1 aromatic carbocycles. The Morgan fingerprint density at radius 3 is 2.41 bits per heavy atom. The van der Waals surface area contributed by atoms with Gasteiger partial charge in [0.05, 0.1) is 18.2 Å². The highest BCUT2D eigenvalue weighted by Gasteiger charge is 2.39. The second-order valence-corrected chi connectivity index (χ2v) is 6.85. The maximum atomic E-state index is 12.5. The first-order valence-electron chi connectivity index (χ1n) is 8.81. The molecule has 2 atom stereocenters. The summed E-state index contributed by atoms with van der Waals surface area (Å²) in [7, 11) is 3.09. The van der Waals surface area contributed by atoms with Crippen molar-refractivity contribution < 1.29 is 32.7 Å². The number of nitrogens with zero attached hydrogens (tertiary/aromatic N) is 2. The minimum atomic E-state index is -4.44. The lowest BCUT2D eigenvalue weighted by atomic mass is 10.1. The van der Waals surface area contributed by atoms with Crippen molar-refractivity contribution in [2.75, 3.05) is 27.2 Å². The molecule has 0 unspecified atom stereocenters. The van der Waals surface area contributed by atoms with Crippen LogP contribution >= 0.6 is 0 Å². The van der Waals surface area contributed by atoms with Crippen LogP contribution < -0.4 is 5.32 Å². The van der Waals surface area contributed by atoms with Crippen LogP contribution in [0.25, 0.3) is 6.08 Å². The zero-order valence-corrected chi connectivity index (χ0v) is 15.9. The van der Waals surface area contributed by atoms with Crippen LogP contribution in [0.3, 0.4) is 0 Å². The monoisotopic (exact) mass is 413 g/mol. The third kappa shape index (κ3) is 6.05. The average molecular weight is 413 g/mol. The van der Waals surface area contributed by atoms with Crippen LogP contribution in [0.15, 0.2) is 30.3 Å². The summed E-state index contributed by atoms with van der Waals surface area (Å²) in [5.41, 5.74) is -0.405. The van der Waals surface area contributed by atoms with Crippen molar-refractivity contribution in [1.29, 1.82) is 0 Å². The molecule has 0 radical (unpaired) electrons. The highest BCUT2D eigenvalue weighted by atomic mass is 19.4.